The Hall–Kier alpha value is -4.73. The van der Waals surface area contributed by atoms with Crippen molar-refractivity contribution < 1.29 is 28.9 Å². The van der Waals surface area contributed by atoms with Gasteiger partial charge in [-0.25, -0.2) is 24.7 Å². The van der Waals surface area contributed by atoms with E-state index < -0.39 is 18.1 Å². The highest BCUT2D eigenvalue weighted by Crippen LogP contribution is 2.25. The maximum Gasteiger partial charge on any atom is 0.446 e. The van der Waals surface area contributed by atoms with E-state index in [9.17, 15) is 18.0 Å². The summed E-state index contributed by atoms with van der Waals surface area (Å²) in [6.07, 6.45) is 8.00. The minimum Gasteiger partial charge on any atom is -0.444 e. The van der Waals surface area contributed by atoms with Crippen molar-refractivity contribution in [3.63, 3.8) is 0 Å². The molecule has 6 heterocycles. The van der Waals surface area contributed by atoms with Gasteiger partial charge in [0.25, 0.3) is 0 Å². The second-order valence-corrected chi connectivity index (χ2v) is 12.0. The molecule has 4 aromatic heterocycles. The van der Waals surface area contributed by atoms with Crippen LogP contribution in [0.1, 0.15) is 61.6 Å². The van der Waals surface area contributed by atoms with E-state index in [1.54, 1.807) is 44.1 Å². The van der Waals surface area contributed by atoms with Crippen LogP contribution in [0.15, 0.2) is 49.3 Å². The Morgan fingerprint density at radius 1 is 0.837 bits per heavy atom. The molecule has 6 rings (SSSR count). The molecule has 0 aromatic carbocycles. The molecule has 0 atom stereocenters. The fraction of sp³-hybridized carbons (Fsp3) is 0.515. The Morgan fingerprint density at radius 3 is 1.65 bits per heavy atom. The number of ether oxygens (including phenoxy) is 1. The van der Waals surface area contributed by atoms with Gasteiger partial charge in [-0.1, -0.05) is 13.8 Å². The fourth-order valence-corrected chi connectivity index (χ4v) is 5.05. The van der Waals surface area contributed by atoms with E-state index in [1.807, 2.05) is 32.9 Å². The number of aromatic nitrogens is 6. The van der Waals surface area contributed by atoms with E-state index in [4.69, 9.17) is 16.6 Å². The first-order valence-corrected chi connectivity index (χ1v) is 15.9. The number of hydrogen-bond donors (Lipinski definition) is 2. The zero-order chi connectivity index (χ0) is 36.7. The molecule has 1 amide bonds. The van der Waals surface area contributed by atoms with Crippen LogP contribution in [0.2, 0.25) is 0 Å². The van der Waals surface area contributed by atoms with E-state index in [0.29, 0.717) is 12.9 Å². The highest BCUT2D eigenvalue weighted by atomic mass is 19.4. The Balaban J connectivity index is 0.000000225. The summed E-state index contributed by atoms with van der Waals surface area (Å²) in [5.41, 5.74) is 8.87. The molecule has 266 valence electrons. The minimum atomic E-state index is -4.64. The lowest BCUT2D eigenvalue weighted by atomic mass is 10.1. The first-order valence-electron chi connectivity index (χ1n) is 16.6. The summed E-state index contributed by atoms with van der Waals surface area (Å²) in [4.78, 5) is 51.3. The number of alkyl carbamates (subject to hydrolysis) is 1. The zero-order valence-electron chi connectivity index (χ0n) is 29.2. The van der Waals surface area contributed by atoms with Crippen LogP contribution in [-0.2, 0) is 9.53 Å². The molecule has 16 heteroatoms. The van der Waals surface area contributed by atoms with Gasteiger partial charge in [-0.05, 0) is 58.6 Å². The molecular weight excluding hydrogens is 641 g/mol. The summed E-state index contributed by atoms with van der Waals surface area (Å²) in [6, 6.07) is 4.20. The van der Waals surface area contributed by atoms with E-state index in [1.165, 1.54) is 0 Å². The molecule has 0 saturated carbocycles. The SMILES string of the molecule is CC(C)(C)OC(=O)NC1CCN(c2nccc3nccnc23)CC1.NC1CCN(c2nccc3nccnc23)CC1.O=CC(F)(F)F.[2H]CC. The number of pyridine rings is 2. The molecule has 0 bridgehead atoms. The third-order valence-corrected chi connectivity index (χ3v) is 7.22. The highest BCUT2D eigenvalue weighted by molar-refractivity contribution is 5.86. The second kappa shape index (κ2) is 18.1. The van der Waals surface area contributed by atoms with Gasteiger partial charge in [0.05, 0.1) is 11.0 Å². The second-order valence-electron chi connectivity index (χ2n) is 12.0. The van der Waals surface area contributed by atoms with Crippen molar-refractivity contribution >= 4 is 46.1 Å². The molecule has 3 N–H and O–H groups in total. The van der Waals surface area contributed by atoms with Gasteiger partial charge >= 0.3 is 12.3 Å². The number of amides is 1. The number of hydrogen-bond acceptors (Lipinski definition) is 12. The average Bonchev–Trinajstić information content (AvgIpc) is 3.08. The number of carbonyl (C=O) groups excluding carboxylic acids is 2. The van der Waals surface area contributed by atoms with Gasteiger partial charge in [0, 0.05) is 76.8 Å². The van der Waals surface area contributed by atoms with Crippen LogP contribution in [0.25, 0.3) is 22.1 Å². The Morgan fingerprint density at radius 2 is 1.24 bits per heavy atom. The molecule has 13 nitrogen and oxygen atoms in total. The van der Waals surface area contributed by atoms with Crippen molar-refractivity contribution in [2.45, 2.75) is 84.1 Å². The van der Waals surface area contributed by atoms with Gasteiger partial charge < -0.3 is 25.6 Å². The van der Waals surface area contributed by atoms with Crippen LogP contribution in [0.4, 0.5) is 29.6 Å². The van der Waals surface area contributed by atoms with Crippen molar-refractivity contribution in [3.8, 4) is 0 Å². The summed E-state index contributed by atoms with van der Waals surface area (Å²) < 4.78 is 42.8. The predicted octanol–water partition coefficient (Wildman–Crippen LogP) is 5.24. The highest BCUT2D eigenvalue weighted by Gasteiger charge is 2.26. The maximum absolute atomic E-state index is 11.9. The third kappa shape index (κ3) is 12.3. The van der Waals surface area contributed by atoms with Gasteiger partial charge in [-0.2, -0.15) is 13.2 Å². The smallest absolute Gasteiger partial charge is 0.444 e. The Bertz CT molecular complexity index is 1630. The molecule has 2 saturated heterocycles. The number of nitrogens with one attached hydrogen (secondary N) is 1. The Kier molecular flexibility index (Phi) is 13.7. The zero-order valence-corrected chi connectivity index (χ0v) is 28.2. The number of rotatable bonds is 3. The summed E-state index contributed by atoms with van der Waals surface area (Å²) in [6.45, 7) is 11.4. The van der Waals surface area contributed by atoms with Crippen LogP contribution in [0.3, 0.4) is 0 Å². The normalized spacial score (nSPS) is 15.8. The molecule has 2 fully saturated rings. The largest absolute Gasteiger partial charge is 0.446 e. The van der Waals surface area contributed by atoms with Gasteiger partial charge in [-0.15, -0.1) is 0 Å². The molecule has 2 aliphatic rings. The minimum absolute atomic E-state index is 0.122. The number of alkyl halides is 3. The summed E-state index contributed by atoms with van der Waals surface area (Å²) >= 11 is 0. The van der Waals surface area contributed by atoms with Crippen LogP contribution in [0.5, 0.6) is 0 Å². The lowest BCUT2D eigenvalue weighted by Gasteiger charge is -2.33. The molecule has 2 aliphatic heterocycles. The summed E-state index contributed by atoms with van der Waals surface area (Å²) in [5.74, 6) is 1.79. The molecule has 0 radical (unpaired) electrons. The summed E-state index contributed by atoms with van der Waals surface area (Å²) in [7, 11) is 0. The van der Waals surface area contributed by atoms with Crippen LogP contribution in [-0.4, -0.2) is 92.3 Å². The van der Waals surface area contributed by atoms with Gasteiger partial charge in [-0.3, -0.25) is 14.8 Å². The number of anilines is 2. The average molecular weight is 688 g/mol. The Labute approximate surface area is 285 Å². The van der Waals surface area contributed by atoms with Crippen LogP contribution >= 0.6 is 0 Å². The van der Waals surface area contributed by atoms with E-state index in [-0.39, 0.29) is 12.1 Å². The van der Waals surface area contributed by atoms with Crippen molar-refractivity contribution in [3.05, 3.63) is 49.3 Å². The van der Waals surface area contributed by atoms with Crippen LogP contribution < -0.4 is 20.9 Å². The number of piperidine rings is 2. The lowest BCUT2D eigenvalue weighted by molar-refractivity contribution is -0.156. The number of nitrogens with two attached hydrogens (primary N) is 1. The molecule has 0 aliphatic carbocycles. The van der Waals surface area contributed by atoms with Gasteiger partial charge in [0.1, 0.15) is 16.6 Å². The quantitative estimate of drug-likeness (QED) is 0.269. The van der Waals surface area contributed by atoms with Gasteiger partial charge in [0.2, 0.25) is 6.29 Å². The molecular formula is C33H45F3N10O3. The fourth-order valence-electron chi connectivity index (χ4n) is 5.05. The monoisotopic (exact) mass is 687 g/mol. The van der Waals surface area contributed by atoms with E-state index >= 15 is 0 Å². The molecule has 49 heavy (non-hydrogen) atoms. The van der Waals surface area contributed by atoms with Gasteiger partial charge in [0.15, 0.2) is 11.6 Å². The lowest BCUT2D eigenvalue weighted by Crippen LogP contribution is -2.46. The van der Waals surface area contributed by atoms with E-state index in [0.717, 1.165) is 85.6 Å². The van der Waals surface area contributed by atoms with Crippen molar-refractivity contribution in [1.82, 2.24) is 35.2 Å². The number of carbonyl (C=O) groups is 2. The third-order valence-electron chi connectivity index (χ3n) is 7.22. The molecule has 4 aromatic rings. The topological polar surface area (TPSA) is 165 Å². The predicted molar refractivity (Wildman–Crippen MR) is 182 cm³/mol. The standard InChI is InChI=1S/C17H23N5O2.C12H15N5.C2HF3O.C2H6/c1-17(2,3)24-16(23)21-12-5-10-22(11-6-12)15-14-13(4-7-20-15)18-8-9-19-14;13-9-2-7-17(8-3-9)12-11-10(1-4-16-12)14-5-6-15-11;3-2(4,5)1-6;1-2/h4,7-9,12H,5-6,10-11H2,1-3H3,(H,21,23);1,4-6,9H,2-3,7-8,13H2;1H;1-2H3/i;;;1D. The van der Waals surface area contributed by atoms with Crippen molar-refractivity contribution in [2.75, 3.05) is 36.0 Å². The van der Waals surface area contributed by atoms with E-state index in [2.05, 4.69) is 45.0 Å². The number of nitrogens with zero attached hydrogens (tertiary/aromatic N) is 8. The molecule has 0 spiro atoms. The number of halogens is 3. The first-order chi connectivity index (χ1) is 23.7. The summed E-state index contributed by atoms with van der Waals surface area (Å²) in [5, 5.41) is 2.95. The van der Waals surface area contributed by atoms with Crippen molar-refractivity contribution in [1.29, 1.82) is 0 Å². The van der Waals surface area contributed by atoms with Crippen LogP contribution in [0, 0.1) is 0 Å². The first kappa shape index (κ1) is 37.1. The number of fused-ring (bicyclic) bond motifs is 2. The maximum atomic E-state index is 11.9. The van der Waals surface area contributed by atoms with Crippen molar-refractivity contribution in [2.24, 2.45) is 5.73 Å². The number of aldehydes is 1. The molecule has 0 unspecified atom stereocenters.